The molecule has 4 rings (SSSR count). The first-order chi connectivity index (χ1) is 11.2. The van der Waals surface area contributed by atoms with Gasteiger partial charge >= 0.3 is 0 Å². The normalized spacial score (nSPS) is 25.5. The highest BCUT2D eigenvalue weighted by Gasteiger charge is 2.44. The Balaban J connectivity index is 1.88. The predicted molar refractivity (Wildman–Crippen MR) is 87.2 cm³/mol. The molecular formula is C15H24N4O4S. The van der Waals surface area contributed by atoms with Crippen LogP contribution in [0, 0.1) is 19.8 Å². The van der Waals surface area contributed by atoms with Gasteiger partial charge < -0.3 is 9.42 Å². The minimum absolute atomic E-state index is 0.0303. The van der Waals surface area contributed by atoms with Gasteiger partial charge in [-0.25, -0.2) is 0 Å². The minimum atomic E-state index is -3.52. The summed E-state index contributed by atoms with van der Waals surface area (Å²) in [5.41, 5.74) is 1.69. The molecule has 3 fully saturated rings. The first kappa shape index (κ1) is 17.4. The number of carbonyl (C=O) groups is 1. The summed E-state index contributed by atoms with van der Waals surface area (Å²) in [6.45, 7) is 4.71. The summed E-state index contributed by atoms with van der Waals surface area (Å²) in [5.74, 6) is 0.458. The second-order valence-corrected chi connectivity index (χ2v) is 8.95. The van der Waals surface area contributed by atoms with E-state index in [1.54, 1.807) is 0 Å². The fraction of sp³-hybridized carbons (Fsp3) is 0.733. The SMILES string of the molecule is Cc1noc(C)c1CN1C(=O)[C@H]2CC[C@@H]1CN(S(=O)(=O)N(C)C)C2. The predicted octanol–water partition coefficient (Wildman–Crippen LogP) is 0.521. The zero-order valence-corrected chi connectivity index (χ0v) is 15.3. The molecule has 1 aromatic heterocycles. The van der Waals surface area contributed by atoms with Crippen molar-refractivity contribution in [1.29, 1.82) is 0 Å². The highest BCUT2D eigenvalue weighted by atomic mass is 32.2. The topological polar surface area (TPSA) is 87.0 Å². The maximum absolute atomic E-state index is 12.8. The van der Waals surface area contributed by atoms with Crippen LogP contribution in [0.25, 0.3) is 0 Å². The van der Waals surface area contributed by atoms with E-state index in [0.717, 1.165) is 24.1 Å². The van der Waals surface area contributed by atoms with Crippen molar-refractivity contribution in [3.05, 3.63) is 17.0 Å². The van der Waals surface area contributed by atoms with Crippen LogP contribution in [0.2, 0.25) is 0 Å². The molecule has 134 valence electrons. The number of nitrogens with zero attached hydrogens (tertiary/aromatic N) is 4. The standard InChI is InChI=1S/C15H24N4O4S/c1-10-14(11(2)23-16-10)9-19-13-6-5-12(15(19)20)7-18(8-13)24(21,22)17(3)4/h12-13H,5-9H2,1-4H3/t12-,13+/m0/s1. The molecule has 1 amide bonds. The Morgan fingerprint density at radius 1 is 1.25 bits per heavy atom. The van der Waals surface area contributed by atoms with Crippen molar-refractivity contribution in [2.45, 2.75) is 39.3 Å². The van der Waals surface area contributed by atoms with Crippen LogP contribution in [0.3, 0.4) is 0 Å². The Bertz CT molecular complexity index is 723. The molecular weight excluding hydrogens is 332 g/mol. The van der Waals surface area contributed by atoms with Crippen LogP contribution < -0.4 is 0 Å². The lowest BCUT2D eigenvalue weighted by atomic mass is 9.93. The average Bonchev–Trinajstić information content (AvgIpc) is 2.71. The summed E-state index contributed by atoms with van der Waals surface area (Å²) < 4.78 is 32.8. The number of aromatic nitrogens is 1. The van der Waals surface area contributed by atoms with Crippen LogP contribution in [0.15, 0.2) is 4.52 Å². The second kappa shape index (κ2) is 6.12. The lowest BCUT2D eigenvalue weighted by Gasteiger charge is -2.36. The fourth-order valence-electron chi connectivity index (χ4n) is 3.53. The fourth-order valence-corrected chi connectivity index (χ4v) is 4.72. The zero-order chi connectivity index (χ0) is 17.6. The van der Waals surface area contributed by atoms with E-state index in [0.29, 0.717) is 18.8 Å². The molecule has 2 atom stereocenters. The van der Waals surface area contributed by atoms with Gasteiger partial charge in [-0.15, -0.1) is 0 Å². The highest BCUT2D eigenvalue weighted by molar-refractivity contribution is 7.86. The van der Waals surface area contributed by atoms with E-state index in [4.69, 9.17) is 4.52 Å². The summed E-state index contributed by atoms with van der Waals surface area (Å²) in [4.78, 5) is 14.6. The largest absolute Gasteiger partial charge is 0.361 e. The van der Waals surface area contributed by atoms with Gasteiger partial charge in [-0.05, 0) is 26.7 Å². The van der Waals surface area contributed by atoms with Gasteiger partial charge in [-0.2, -0.15) is 17.0 Å². The molecule has 3 aliphatic heterocycles. The lowest BCUT2D eigenvalue weighted by Crippen LogP contribution is -2.48. The van der Waals surface area contributed by atoms with Gasteiger partial charge in [0, 0.05) is 38.8 Å². The van der Waals surface area contributed by atoms with E-state index >= 15 is 0 Å². The molecule has 0 saturated carbocycles. The smallest absolute Gasteiger partial charge is 0.281 e. The van der Waals surface area contributed by atoms with E-state index in [-0.39, 0.29) is 24.4 Å². The maximum atomic E-state index is 12.8. The molecule has 3 saturated heterocycles. The van der Waals surface area contributed by atoms with Crippen molar-refractivity contribution in [2.75, 3.05) is 27.2 Å². The van der Waals surface area contributed by atoms with Crippen LogP contribution in [0.5, 0.6) is 0 Å². The molecule has 4 heterocycles. The van der Waals surface area contributed by atoms with Gasteiger partial charge in [0.1, 0.15) is 5.76 Å². The molecule has 0 aliphatic carbocycles. The van der Waals surface area contributed by atoms with E-state index < -0.39 is 10.2 Å². The van der Waals surface area contributed by atoms with Crippen molar-refractivity contribution < 1.29 is 17.7 Å². The molecule has 3 aliphatic rings. The van der Waals surface area contributed by atoms with Crippen molar-refractivity contribution in [2.24, 2.45) is 5.92 Å². The van der Waals surface area contributed by atoms with Gasteiger partial charge in [-0.3, -0.25) is 4.79 Å². The first-order valence-electron chi connectivity index (χ1n) is 8.11. The van der Waals surface area contributed by atoms with E-state index in [2.05, 4.69) is 5.16 Å². The highest BCUT2D eigenvalue weighted by Crippen LogP contribution is 2.32. The molecule has 24 heavy (non-hydrogen) atoms. The van der Waals surface area contributed by atoms with Crippen LogP contribution in [-0.2, 0) is 21.5 Å². The van der Waals surface area contributed by atoms with Crippen LogP contribution in [-0.4, -0.2) is 66.2 Å². The molecule has 8 nitrogen and oxygen atoms in total. The lowest BCUT2D eigenvalue weighted by molar-refractivity contribution is -0.140. The summed E-state index contributed by atoms with van der Waals surface area (Å²) >= 11 is 0. The van der Waals surface area contributed by atoms with Crippen molar-refractivity contribution in [3.8, 4) is 0 Å². The number of hydrogen-bond donors (Lipinski definition) is 0. The molecule has 1 aromatic rings. The summed E-state index contributed by atoms with van der Waals surface area (Å²) in [6, 6.07) is -0.111. The number of amides is 1. The monoisotopic (exact) mass is 356 g/mol. The van der Waals surface area contributed by atoms with Crippen LogP contribution >= 0.6 is 0 Å². The molecule has 0 spiro atoms. The third-order valence-electron chi connectivity index (χ3n) is 5.06. The Labute approximate surface area is 142 Å². The number of fused-ring (bicyclic) bond motifs is 4. The number of rotatable bonds is 4. The Morgan fingerprint density at radius 3 is 2.54 bits per heavy atom. The van der Waals surface area contributed by atoms with Crippen LogP contribution in [0.1, 0.15) is 29.9 Å². The molecule has 0 aromatic carbocycles. The number of carbonyl (C=O) groups excluding carboxylic acids is 1. The zero-order valence-electron chi connectivity index (χ0n) is 14.5. The first-order valence-corrected chi connectivity index (χ1v) is 9.51. The third-order valence-corrected chi connectivity index (χ3v) is 6.93. The summed E-state index contributed by atoms with van der Waals surface area (Å²) in [5, 5.41) is 3.94. The number of hydrogen-bond acceptors (Lipinski definition) is 5. The van der Waals surface area contributed by atoms with Gasteiger partial charge in [0.05, 0.1) is 18.2 Å². The average molecular weight is 356 g/mol. The Kier molecular flexibility index (Phi) is 4.43. The van der Waals surface area contributed by atoms with E-state index in [1.165, 1.54) is 22.7 Å². The van der Waals surface area contributed by atoms with Crippen molar-refractivity contribution in [1.82, 2.24) is 18.7 Å². The van der Waals surface area contributed by atoms with Gasteiger partial charge in [0.2, 0.25) is 5.91 Å². The van der Waals surface area contributed by atoms with E-state index in [1.807, 2.05) is 18.7 Å². The summed E-state index contributed by atoms with van der Waals surface area (Å²) in [6.07, 6.45) is 1.56. The van der Waals surface area contributed by atoms with Gasteiger partial charge in [0.15, 0.2) is 0 Å². The molecule has 9 heteroatoms. The van der Waals surface area contributed by atoms with Crippen LogP contribution in [0.4, 0.5) is 0 Å². The van der Waals surface area contributed by atoms with E-state index in [9.17, 15) is 13.2 Å². The molecule has 0 unspecified atom stereocenters. The number of piperidine rings is 1. The quantitative estimate of drug-likeness (QED) is 0.785. The second-order valence-electron chi connectivity index (χ2n) is 6.80. The molecule has 0 radical (unpaired) electrons. The maximum Gasteiger partial charge on any atom is 0.281 e. The summed E-state index contributed by atoms with van der Waals surface area (Å²) in [7, 11) is -0.479. The Hall–Kier alpha value is -1.45. The van der Waals surface area contributed by atoms with Crippen molar-refractivity contribution in [3.63, 3.8) is 0 Å². The van der Waals surface area contributed by atoms with Crippen molar-refractivity contribution >= 4 is 16.1 Å². The Morgan fingerprint density at radius 2 is 1.96 bits per heavy atom. The molecule has 0 N–H and O–H groups in total. The molecule has 2 bridgehead atoms. The third kappa shape index (κ3) is 2.84. The van der Waals surface area contributed by atoms with Gasteiger partial charge in [-0.1, -0.05) is 5.16 Å². The number of aryl methyl sites for hydroxylation is 2. The minimum Gasteiger partial charge on any atom is -0.361 e. The van der Waals surface area contributed by atoms with Gasteiger partial charge in [0.25, 0.3) is 10.2 Å².